The van der Waals surface area contributed by atoms with E-state index in [2.05, 4.69) is 0 Å². The molecule has 10 nitrogen and oxygen atoms in total. The fraction of sp³-hybridized carbons (Fsp3) is 0.267. The summed E-state index contributed by atoms with van der Waals surface area (Å²) in [5.74, 6) is -3.82. The van der Waals surface area contributed by atoms with Crippen molar-refractivity contribution in [2.75, 3.05) is 12.0 Å². The van der Waals surface area contributed by atoms with Gasteiger partial charge in [-0.2, -0.15) is 0 Å². The Labute approximate surface area is 228 Å². The van der Waals surface area contributed by atoms with Crippen molar-refractivity contribution in [3.63, 3.8) is 0 Å². The van der Waals surface area contributed by atoms with Crippen molar-refractivity contribution >= 4 is 34.8 Å². The number of methoxy groups -OCH3 is 1. The van der Waals surface area contributed by atoms with Gasteiger partial charge < -0.3 is 9.84 Å². The summed E-state index contributed by atoms with van der Waals surface area (Å²) >= 11 is 0. The molecule has 0 aromatic heterocycles. The molecule has 0 radical (unpaired) electrons. The van der Waals surface area contributed by atoms with Crippen molar-refractivity contribution < 1.29 is 33.9 Å². The third kappa shape index (κ3) is 3.63. The van der Waals surface area contributed by atoms with Gasteiger partial charge in [0.2, 0.25) is 11.8 Å². The summed E-state index contributed by atoms with van der Waals surface area (Å²) in [6, 6.07) is 9.80. The van der Waals surface area contributed by atoms with Gasteiger partial charge in [-0.15, -0.1) is 0 Å². The molecule has 1 fully saturated rings. The first-order valence-electron chi connectivity index (χ1n) is 12.8. The smallest absolute Gasteiger partial charge is 0.269 e. The molecule has 202 valence electrons. The van der Waals surface area contributed by atoms with Gasteiger partial charge in [0.1, 0.15) is 11.5 Å². The summed E-state index contributed by atoms with van der Waals surface area (Å²) < 4.78 is 5.56. The second kappa shape index (κ2) is 9.11. The minimum absolute atomic E-state index is 0.0303. The van der Waals surface area contributed by atoms with E-state index >= 15 is 0 Å². The number of ether oxygens (including phenoxy) is 1. The first kappa shape index (κ1) is 25.4. The van der Waals surface area contributed by atoms with E-state index in [0.717, 1.165) is 10.5 Å². The number of allylic oxidation sites excluding steroid dienone is 6. The van der Waals surface area contributed by atoms with Crippen LogP contribution in [0.15, 0.2) is 76.9 Å². The highest BCUT2D eigenvalue weighted by molar-refractivity contribution is 6.25. The molecule has 40 heavy (non-hydrogen) atoms. The minimum Gasteiger partial charge on any atom is -0.508 e. The fourth-order valence-electron chi connectivity index (χ4n) is 6.63. The zero-order valence-corrected chi connectivity index (χ0v) is 21.6. The number of imide groups is 1. The van der Waals surface area contributed by atoms with Crippen LogP contribution in [0.3, 0.4) is 0 Å². The zero-order chi connectivity index (χ0) is 28.5. The van der Waals surface area contributed by atoms with E-state index in [4.69, 9.17) is 4.74 Å². The van der Waals surface area contributed by atoms with Gasteiger partial charge >= 0.3 is 0 Å². The number of non-ortho nitro benzene ring substituents is 1. The number of nitrogens with zero attached hydrogens (tertiary/aromatic N) is 2. The quantitative estimate of drug-likeness (QED) is 0.202. The van der Waals surface area contributed by atoms with E-state index in [0.29, 0.717) is 28.0 Å². The first-order valence-corrected chi connectivity index (χ1v) is 12.8. The maximum atomic E-state index is 13.9. The SMILES string of the molecule is COc1cc(O)ccc1[C@H]1C2=CC[C@@H]3C(=O)N(c4ccc([N+](=O)[O-])cc4)C(=O)[C@@H]3[C@@H]2CC2=C1C(=O)C(C)=CC2=O. The van der Waals surface area contributed by atoms with Crippen LogP contribution in [-0.2, 0) is 19.2 Å². The second-order valence-corrected chi connectivity index (χ2v) is 10.4. The standard InChI is InChI=1S/C30H24N2O8/c1-14-11-23(34)22-13-21-18(25(27(22)28(14)35)19-8-7-17(33)12-24(19)40-2)9-10-20-26(21)30(37)31(29(20)36)15-3-5-16(6-4-15)32(38)39/h3-9,11-12,20-21,25-26,33H,10,13H2,1-2H3/t20-,21+,25+,26-/m0/s1. The van der Waals surface area contributed by atoms with Gasteiger partial charge in [0.15, 0.2) is 11.6 Å². The van der Waals surface area contributed by atoms with Crippen LogP contribution in [0.25, 0.3) is 0 Å². The molecular weight excluding hydrogens is 516 g/mol. The van der Waals surface area contributed by atoms with Crippen LogP contribution >= 0.6 is 0 Å². The number of nitro benzene ring substituents is 1. The van der Waals surface area contributed by atoms with Crippen molar-refractivity contribution in [1.82, 2.24) is 0 Å². The third-order valence-corrected chi connectivity index (χ3v) is 8.41. The van der Waals surface area contributed by atoms with Crippen molar-refractivity contribution in [3.05, 3.63) is 92.6 Å². The Morgan fingerprint density at radius 3 is 2.42 bits per heavy atom. The number of hydrogen-bond acceptors (Lipinski definition) is 8. The molecule has 2 amide bonds. The summed E-state index contributed by atoms with van der Waals surface area (Å²) in [5, 5.41) is 21.2. The van der Waals surface area contributed by atoms with Gasteiger partial charge in [-0.3, -0.25) is 34.2 Å². The number of ketones is 2. The molecule has 2 aromatic carbocycles. The maximum Gasteiger partial charge on any atom is 0.269 e. The number of carbonyl (C=O) groups excluding carboxylic acids is 4. The average molecular weight is 541 g/mol. The monoisotopic (exact) mass is 540 g/mol. The van der Waals surface area contributed by atoms with Gasteiger partial charge in [-0.05, 0) is 50.0 Å². The normalized spacial score (nSPS) is 25.7. The van der Waals surface area contributed by atoms with Crippen LogP contribution < -0.4 is 9.64 Å². The molecule has 1 N–H and O–H groups in total. The van der Waals surface area contributed by atoms with Gasteiger partial charge in [0.05, 0.1) is 29.6 Å². The molecule has 1 aliphatic heterocycles. The van der Waals surface area contributed by atoms with Crippen LogP contribution in [0.2, 0.25) is 0 Å². The van der Waals surface area contributed by atoms with E-state index in [9.17, 15) is 34.4 Å². The van der Waals surface area contributed by atoms with Crippen molar-refractivity contribution in [1.29, 1.82) is 0 Å². The number of phenolic OH excluding ortho intramolecular Hbond substituents is 1. The number of carbonyl (C=O) groups is 4. The van der Waals surface area contributed by atoms with E-state index in [1.165, 1.54) is 49.6 Å². The Bertz CT molecular complexity index is 1630. The van der Waals surface area contributed by atoms with Crippen LogP contribution in [-0.4, -0.2) is 40.5 Å². The van der Waals surface area contributed by atoms with Crippen LogP contribution in [0.4, 0.5) is 11.4 Å². The molecule has 2 aromatic rings. The first-order chi connectivity index (χ1) is 19.1. The molecule has 0 unspecified atom stereocenters. The van der Waals surface area contributed by atoms with Crippen LogP contribution in [0, 0.1) is 27.9 Å². The summed E-state index contributed by atoms with van der Waals surface area (Å²) in [6.45, 7) is 1.59. The molecule has 10 heteroatoms. The largest absolute Gasteiger partial charge is 0.508 e. The highest BCUT2D eigenvalue weighted by Gasteiger charge is 2.56. The van der Waals surface area contributed by atoms with Gasteiger partial charge in [-0.25, -0.2) is 0 Å². The summed E-state index contributed by atoms with van der Waals surface area (Å²) in [6.07, 6.45) is 3.58. The number of phenols is 1. The lowest BCUT2D eigenvalue weighted by Gasteiger charge is -2.42. The Morgan fingerprint density at radius 1 is 1.02 bits per heavy atom. The van der Waals surface area contributed by atoms with Gasteiger partial charge in [0.25, 0.3) is 5.69 Å². The van der Waals surface area contributed by atoms with Crippen molar-refractivity contribution in [2.24, 2.45) is 17.8 Å². The van der Waals surface area contributed by atoms with E-state index in [1.807, 2.05) is 6.08 Å². The highest BCUT2D eigenvalue weighted by Crippen LogP contribution is 2.56. The second-order valence-electron chi connectivity index (χ2n) is 10.4. The summed E-state index contributed by atoms with van der Waals surface area (Å²) in [4.78, 5) is 65.8. The average Bonchev–Trinajstić information content (AvgIpc) is 3.20. The lowest BCUT2D eigenvalue weighted by atomic mass is 9.59. The number of nitro groups is 1. The highest BCUT2D eigenvalue weighted by atomic mass is 16.6. The lowest BCUT2D eigenvalue weighted by molar-refractivity contribution is -0.384. The molecule has 4 atom stereocenters. The molecule has 0 spiro atoms. The molecule has 4 aliphatic rings. The predicted octanol–water partition coefficient (Wildman–Crippen LogP) is 3.94. The Hall–Kier alpha value is -4.86. The Balaban J connectivity index is 1.47. The van der Waals surface area contributed by atoms with Crippen molar-refractivity contribution in [2.45, 2.75) is 25.7 Å². The van der Waals surface area contributed by atoms with Gasteiger partial charge in [0, 0.05) is 46.4 Å². The zero-order valence-electron chi connectivity index (χ0n) is 21.6. The van der Waals surface area contributed by atoms with E-state index < -0.39 is 40.4 Å². The third-order valence-electron chi connectivity index (χ3n) is 8.41. The molecule has 0 bridgehead atoms. The number of hydrogen-bond donors (Lipinski definition) is 1. The van der Waals surface area contributed by atoms with E-state index in [-0.39, 0.29) is 41.5 Å². The van der Waals surface area contributed by atoms with Crippen LogP contribution in [0.5, 0.6) is 11.5 Å². The summed E-state index contributed by atoms with van der Waals surface area (Å²) in [7, 11) is 1.44. The molecule has 1 saturated heterocycles. The number of amides is 2. The molecule has 1 heterocycles. The molecule has 3 aliphatic carbocycles. The fourth-order valence-corrected chi connectivity index (χ4v) is 6.63. The topological polar surface area (TPSA) is 144 Å². The van der Waals surface area contributed by atoms with Crippen LogP contribution in [0.1, 0.15) is 31.2 Å². The van der Waals surface area contributed by atoms with Gasteiger partial charge in [-0.1, -0.05) is 17.7 Å². The maximum absolute atomic E-state index is 13.9. The van der Waals surface area contributed by atoms with E-state index in [1.54, 1.807) is 13.0 Å². The summed E-state index contributed by atoms with van der Waals surface area (Å²) in [5.41, 5.74) is 2.37. The van der Waals surface area contributed by atoms with Crippen molar-refractivity contribution in [3.8, 4) is 11.5 Å². The molecule has 0 saturated carbocycles. The number of Topliss-reactive ketones (excluding diaryl/α,β-unsaturated/α-hetero) is 1. The number of fused-ring (bicyclic) bond motifs is 3. The number of aromatic hydroxyl groups is 1. The molecule has 6 rings (SSSR count). The Morgan fingerprint density at radius 2 is 1.75 bits per heavy atom. The minimum atomic E-state index is -0.780. The number of anilines is 1. The number of benzene rings is 2. The Kier molecular flexibility index (Phi) is 5.79. The molecular formula is C30H24N2O8. The lowest BCUT2D eigenvalue weighted by Crippen LogP contribution is -2.40. The number of rotatable bonds is 4. The predicted molar refractivity (Wildman–Crippen MR) is 142 cm³/mol.